The Hall–Kier alpha value is -2.69. The number of rotatable bonds is 4. The van der Waals surface area contributed by atoms with Crippen LogP contribution in [0.1, 0.15) is 46.5 Å². The minimum atomic E-state index is -0.469. The third-order valence-corrected chi connectivity index (χ3v) is 5.85. The van der Waals surface area contributed by atoms with Gasteiger partial charge in [-0.15, -0.1) is 0 Å². The van der Waals surface area contributed by atoms with Crippen LogP contribution in [-0.2, 0) is 4.74 Å². The van der Waals surface area contributed by atoms with E-state index in [-0.39, 0.29) is 24.3 Å². The molecule has 2 atom stereocenters. The smallest absolute Gasteiger partial charge is 0.410 e. The molecule has 2 aliphatic heterocycles. The SMILES string of the molecule is COc1ccccc1-c1cccc(OC2CC3CCC(C2)N3C(=O)OC(C)(C)C)c1. The predicted molar refractivity (Wildman–Crippen MR) is 117 cm³/mol. The molecule has 2 unspecified atom stereocenters. The monoisotopic (exact) mass is 409 g/mol. The number of carbonyl (C=O) groups is 1. The molecule has 160 valence electrons. The molecule has 5 heteroatoms. The number of nitrogens with zero attached hydrogens (tertiary/aromatic N) is 1. The molecule has 2 heterocycles. The highest BCUT2D eigenvalue weighted by Gasteiger charge is 2.45. The standard InChI is InChI=1S/C25H31NO4/c1-25(2,3)30-24(27)26-18-12-13-19(26)16-21(15-18)29-20-9-7-8-17(14-20)22-10-5-6-11-23(22)28-4/h5-11,14,18-19,21H,12-13,15-16H2,1-4H3. The van der Waals surface area contributed by atoms with Crippen molar-refractivity contribution in [3.8, 4) is 22.6 Å². The summed E-state index contributed by atoms with van der Waals surface area (Å²) >= 11 is 0. The second kappa shape index (κ2) is 8.21. The van der Waals surface area contributed by atoms with E-state index < -0.39 is 5.60 Å². The van der Waals surface area contributed by atoms with Gasteiger partial charge >= 0.3 is 6.09 Å². The minimum absolute atomic E-state index is 0.106. The van der Waals surface area contributed by atoms with Crippen LogP contribution >= 0.6 is 0 Å². The quantitative estimate of drug-likeness (QED) is 0.653. The Morgan fingerprint density at radius 1 is 1.00 bits per heavy atom. The fraction of sp³-hybridized carbons (Fsp3) is 0.480. The van der Waals surface area contributed by atoms with Gasteiger partial charge < -0.3 is 19.1 Å². The highest BCUT2D eigenvalue weighted by Crippen LogP contribution is 2.39. The third-order valence-electron chi connectivity index (χ3n) is 5.85. The zero-order valence-electron chi connectivity index (χ0n) is 18.3. The fourth-order valence-electron chi connectivity index (χ4n) is 4.65. The lowest BCUT2D eigenvalue weighted by Crippen LogP contribution is -2.50. The van der Waals surface area contributed by atoms with E-state index >= 15 is 0 Å². The van der Waals surface area contributed by atoms with E-state index in [0.717, 1.165) is 48.3 Å². The summed E-state index contributed by atoms with van der Waals surface area (Å²) in [6.07, 6.45) is 3.64. The van der Waals surface area contributed by atoms with Gasteiger partial charge in [0.15, 0.2) is 0 Å². The first-order chi connectivity index (χ1) is 14.3. The lowest BCUT2D eigenvalue weighted by molar-refractivity contribution is -0.00706. The lowest BCUT2D eigenvalue weighted by Gasteiger charge is -2.39. The summed E-state index contributed by atoms with van der Waals surface area (Å²) in [5, 5.41) is 0. The van der Waals surface area contributed by atoms with E-state index in [0.29, 0.717) is 0 Å². The molecule has 2 aromatic rings. The Bertz CT molecular complexity index is 890. The number of carbonyl (C=O) groups excluding carboxylic acids is 1. The summed E-state index contributed by atoms with van der Waals surface area (Å²) in [6, 6.07) is 16.5. The molecule has 2 saturated heterocycles. The Morgan fingerprint density at radius 2 is 1.70 bits per heavy atom. The molecule has 0 aliphatic carbocycles. The molecule has 4 rings (SSSR count). The number of methoxy groups -OCH3 is 1. The minimum Gasteiger partial charge on any atom is -0.496 e. The Kier molecular flexibility index (Phi) is 5.63. The highest BCUT2D eigenvalue weighted by molar-refractivity contribution is 5.71. The average Bonchev–Trinajstić information content (AvgIpc) is 2.98. The summed E-state index contributed by atoms with van der Waals surface area (Å²) < 4.78 is 17.5. The van der Waals surface area contributed by atoms with E-state index in [9.17, 15) is 4.79 Å². The zero-order chi connectivity index (χ0) is 21.3. The highest BCUT2D eigenvalue weighted by atomic mass is 16.6. The number of amides is 1. The van der Waals surface area contributed by atoms with Crippen LogP contribution in [0.4, 0.5) is 4.79 Å². The van der Waals surface area contributed by atoms with Crippen molar-refractivity contribution < 1.29 is 19.0 Å². The number of hydrogen-bond acceptors (Lipinski definition) is 4. The van der Waals surface area contributed by atoms with Crippen molar-refractivity contribution in [2.24, 2.45) is 0 Å². The molecule has 2 fully saturated rings. The van der Waals surface area contributed by atoms with E-state index in [2.05, 4.69) is 18.2 Å². The summed E-state index contributed by atoms with van der Waals surface area (Å²) in [5.74, 6) is 1.70. The summed E-state index contributed by atoms with van der Waals surface area (Å²) in [4.78, 5) is 14.6. The molecule has 5 nitrogen and oxygen atoms in total. The van der Waals surface area contributed by atoms with E-state index in [1.807, 2.05) is 56.0 Å². The van der Waals surface area contributed by atoms with Crippen molar-refractivity contribution in [3.05, 3.63) is 48.5 Å². The number of ether oxygens (including phenoxy) is 3. The van der Waals surface area contributed by atoms with Crippen molar-refractivity contribution in [2.45, 2.75) is 70.2 Å². The van der Waals surface area contributed by atoms with Gasteiger partial charge in [0.1, 0.15) is 23.2 Å². The van der Waals surface area contributed by atoms with Crippen molar-refractivity contribution >= 4 is 6.09 Å². The Morgan fingerprint density at radius 3 is 2.37 bits per heavy atom. The molecular formula is C25H31NO4. The normalized spacial score (nSPS) is 23.2. The van der Waals surface area contributed by atoms with E-state index in [1.165, 1.54) is 0 Å². The maximum atomic E-state index is 12.7. The lowest BCUT2D eigenvalue weighted by atomic mass is 10.00. The first kappa shape index (κ1) is 20.6. The van der Waals surface area contributed by atoms with Crippen LogP contribution in [0, 0.1) is 0 Å². The molecule has 0 N–H and O–H groups in total. The van der Waals surface area contributed by atoms with Crippen molar-refractivity contribution in [2.75, 3.05) is 7.11 Å². The number of fused-ring (bicyclic) bond motifs is 2. The second-order valence-corrected chi connectivity index (χ2v) is 9.21. The zero-order valence-corrected chi connectivity index (χ0v) is 18.3. The van der Waals surface area contributed by atoms with Crippen LogP contribution in [0.25, 0.3) is 11.1 Å². The summed E-state index contributed by atoms with van der Waals surface area (Å²) in [7, 11) is 1.69. The predicted octanol–water partition coefficient (Wildman–Crippen LogP) is 5.67. The molecule has 30 heavy (non-hydrogen) atoms. The molecule has 0 spiro atoms. The first-order valence-corrected chi connectivity index (χ1v) is 10.8. The van der Waals surface area contributed by atoms with Crippen molar-refractivity contribution in [1.29, 1.82) is 0 Å². The second-order valence-electron chi connectivity index (χ2n) is 9.21. The van der Waals surface area contributed by atoms with Gasteiger partial charge in [0.25, 0.3) is 0 Å². The molecule has 0 saturated carbocycles. The number of piperidine rings is 1. The molecule has 2 aliphatic rings. The Labute approximate surface area is 178 Å². The van der Waals surface area contributed by atoms with Crippen molar-refractivity contribution in [1.82, 2.24) is 4.90 Å². The number of benzene rings is 2. The largest absolute Gasteiger partial charge is 0.496 e. The molecule has 0 aromatic heterocycles. The topological polar surface area (TPSA) is 48.0 Å². The van der Waals surface area contributed by atoms with Gasteiger partial charge in [0.05, 0.1) is 7.11 Å². The Balaban J connectivity index is 1.45. The van der Waals surface area contributed by atoms with Gasteiger partial charge in [-0.3, -0.25) is 0 Å². The number of para-hydroxylation sites is 1. The fourth-order valence-corrected chi connectivity index (χ4v) is 4.65. The number of hydrogen-bond donors (Lipinski definition) is 0. The molecule has 2 aromatic carbocycles. The summed E-state index contributed by atoms with van der Waals surface area (Å²) in [5.41, 5.74) is 1.65. The average molecular weight is 410 g/mol. The van der Waals surface area contributed by atoms with Crippen LogP contribution in [-0.4, -0.2) is 41.9 Å². The molecule has 2 bridgehead atoms. The van der Waals surface area contributed by atoms with Gasteiger partial charge in [-0.2, -0.15) is 0 Å². The van der Waals surface area contributed by atoms with E-state index in [4.69, 9.17) is 14.2 Å². The van der Waals surface area contributed by atoms with Gasteiger partial charge in [-0.1, -0.05) is 30.3 Å². The maximum Gasteiger partial charge on any atom is 0.410 e. The van der Waals surface area contributed by atoms with E-state index in [1.54, 1.807) is 7.11 Å². The van der Waals surface area contributed by atoms with Crippen LogP contribution in [0.2, 0.25) is 0 Å². The maximum absolute atomic E-state index is 12.7. The molecule has 1 amide bonds. The molecule has 0 radical (unpaired) electrons. The van der Waals surface area contributed by atoms with Crippen LogP contribution in [0.15, 0.2) is 48.5 Å². The van der Waals surface area contributed by atoms with Gasteiger partial charge in [-0.05, 0) is 57.4 Å². The molecular weight excluding hydrogens is 378 g/mol. The van der Waals surface area contributed by atoms with Gasteiger partial charge in [0, 0.05) is 30.5 Å². The summed E-state index contributed by atoms with van der Waals surface area (Å²) in [6.45, 7) is 5.74. The first-order valence-electron chi connectivity index (χ1n) is 10.8. The van der Waals surface area contributed by atoms with Crippen LogP contribution < -0.4 is 9.47 Å². The van der Waals surface area contributed by atoms with Gasteiger partial charge in [-0.25, -0.2) is 4.79 Å². The third kappa shape index (κ3) is 4.40. The van der Waals surface area contributed by atoms with Crippen LogP contribution in [0.3, 0.4) is 0 Å². The van der Waals surface area contributed by atoms with Gasteiger partial charge in [0.2, 0.25) is 0 Å². The van der Waals surface area contributed by atoms with Crippen LogP contribution in [0.5, 0.6) is 11.5 Å². The van der Waals surface area contributed by atoms with Crippen molar-refractivity contribution in [3.63, 3.8) is 0 Å².